The molecule has 2 fully saturated rings. The summed E-state index contributed by atoms with van der Waals surface area (Å²) in [5.74, 6) is -0.458. The highest BCUT2D eigenvalue weighted by Gasteiger charge is 2.43. The number of hydrogen-bond acceptors (Lipinski definition) is 3. The zero-order valence-corrected chi connectivity index (χ0v) is 12.7. The number of fused-ring (bicyclic) bond motifs is 2. The Morgan fingerprint density at radius 2 is 1.70 bits per heavy atom. The molecular formula is C16H18F3NO3. The van der Waals surface area contributed by atoms with Crippen LogP contribution in [0.1, 0.15) is 36.0 Å². The summed E-state index contributed by atoms with van der Waals surface area (Å²) < 4.78 is 45.7. The number of ether oxygens (including phenoxy) is 2. The van der Waals surface area contributed by atoms with Crippen LogP contribution in [0.2, 0.25) is 0 Å². The van der Waals surface area contributed by atoms with E-state index in [1.807, 2.05) is 4.90 Å². The van der Waals surface area contributed by atoms with Gasteiger partial charge >= 0.3 is 6.36 Å². The van der Waals surface area contributed by atoms with E-state index < -0.39 is 6.36 Å². The van der Waals surface area contributed by atoms with Crippen LogP contribution >= 0.6 is 0 Å². The Balaban J connectivity index is 1.71. The van der Waals surface area contributed by atoms with Crippen molar-refractivity contribution in [1.82, 2.24) is 4.90 Å². The number of amides is 1. The summed E-state index contributed by atoms with van der Waals surface area (Å²) >= 11 is 0. The number of benzene rings is 1. The Kier molecular flexibility index (Phi) is 4.23. The number of nitrogens with zero attached hydrogens (tertiary/aromatic N) is 1. The van der Waals surface area contributed by atoms with Crippen LogP contribution in [0.25, 0.3) is 0 Å². The minimum Gasteiger partial charge on any atom is -0.406 e. The molecule has 1 amide bonds. The predicted molar refractivity (Wildman–Crippen MR) is 76.1 cm³/mol. The van der Waals surface area contributed by atoms with Gasteiger partial charge in [0.05, 0.1) is 6.10 Å². The first-order valence-corrected chi connectivity index (χ1v) is 7.58. The number of rotatable bonds is 3. The molecule has 2 atom stereocenters. The molecule has 0 N–H and O–H groups in total. The average Bonchev–Trinajstić information content (AvgIpc) is 2.76. The number of methoxy groups -OCH3 is 1. The quantitative estimate of drug-likeness (QED) is 0.853. The Morgan fingerprint density at radius 3 is 2.17 bits per heavy atom. The minimum absolute atomic E-state index is 0.134. The molecular weight excluding hydrogens is 311 g/mol. The van der Waals surface area contributed by atoms with E-state index in [-0.39, 0.29) is 29.8 Å². The highest BCUT2D eigenvalue weighted by Crippen LogP contribution is 2.37. The largest absolute Gasteiger partial charge is 0.573 e. The van der Waals surface area contributed by atoms with Crippen LogP contribution in [0.3, 0.4) is 0 Å². The molecule has 2 aliphatic rings. The summed E-state index contributed by atoms with van der Waals surface area (Å²) in [7, 11) is 1.68. The molecule has 0 spiro atoms. The maximum absolute atomic E-state index is 12.7. The molecule has 2 unspecified atom stereocenters. The summed E-state index contributed by atoms with van der Waals surface area (Å²) in [6.45, 7) is 0. The molecule has 0 aliphatic carbocycles. The Bertz CT molecular complexity index is 559. The summed E-state index contributed by atoms with van der Waals surface area (Å²) in [6, 6.07) is 5.40. The Labute approximate surface area is 132 Å². The molecule has 2 aliphatic heterocycles. The molecule has 0 saturated carbocycles. The number of carbonyl (C=O) groups is 1. The Morgan fingerprint density at radius 1 is 1.13 bits per heavy atom. The summed E-state index contributed by atoms with van der Waals surface area (Å²) in [5.41, 5.74) is 0.382. The van der Waals surface area contributed by atoms with Crippen LogP contribution in [-0.2, 0) is 4.74 Å². The second-order valence-corrected chi connectivity index (χ2v) is 6.00. The van der Waals surface area contributed by atoms with E-state index in [9.17, 15) is 18.0 Å². The molecule has 23 heavy (non-hydrogen) atoms. The third-order valence-corrected chi connectivity index (χ3v) is 4.59. The summed E-state index contributed by atoms with van der Waals surface area (Å²) in [5, 5.41) is 0. The van der Waals surface area contributed by atoms with Gasteiger partial charge in [0.1, 0.15) is 5.75 Å². The lowest BCUT2D eigenvalue weighted by molar-refractivity contribution is -0.274. The molecule has 3 rings (SSSR count). The second kappa shape index (κ2) is 6.03. The normalized spacial score (nSPS) is 27.1. The van der Waals surface area contributed by atoms with Crippen molar-refractivity contribution in [3.63, 3.8) is 0 Å². The molecule has 1 aromatic rings. The number of piperidine rings is 1. The van der Waals surface area contributed by atoms with Crippen molar-refractivity contribution >= 4 is 5.91 Å². The zero-order valence-electron chi connectivity index (χ0n) is 12.7. The Hall–Kier alpha value is -1.76. The first-order valence-electron chi connectivity index (χ1n) is 7.58. The van der Waals surface area contributed by atoms with Crippen molar-refractivity contribution in [2.45, 2.75) is 50.2 Å². The van der Waals surface area contributed by atoms with Crippen LogP contribution in [0.5, 0.6) is 5.75 Å². The fourth-order valence-corrected chi connectivity index (χ4v) is 3.60. The number of hydrogen-bond donors (Lipinski definition) is 0. The van der Waals surface area contributed by atoms with Gasteiger partial charge in [-0.2, -0.15) is 0 Å². The highest BCUT2D eigenvalue weighted by atomic mass is 19.4. The van der Waals surface area contributed by atoms with Crippen LogP contribution in [0.15, 0.2) is 24.3 Å². The molecule has 2 bridgehead atoms. The third-order valence-electron chi connectivity index (χ3n) is 4.59. The van der Waals surface area contributed by atoms with Crippen LogP contribution in [0, 0.1) is 0 Å². The minimum atomic E-state index is -4.73. The van der Waals surface area contributed by atoms with Crippen molar-refractivity contribution in [3.8, 4) is 5.75 Å². The van der Waals surface area contributed by atoms with E-state index in [0.717, 1.165) is 25.7 Å². The van der Waals surface area contributed by atoms with Crippen molar-refractivity contribution in [2.75, 3.05) is 7.11 Å². The molecule has 126 valence electrons. The summed E-state index contributed by atoms with van der Waals surface area (Å²) in [6.07, 6.45) is -1.02. The molecule has 2 saturated heterocycles. The smallest absolute Gasteiger partial charge is 0.406 e. The van der Waals surface area contributed by atoms with Gasteiger partial charge in [0, 0.05) is 24.8 Å². The van der Waals surface area contributed by atoms with E-state index in [2.05, 4.69) is 4.74 Å². The summed E-state index contributed by atoms with van der Waals surface area (Å²) in [4.78, 5) is 14.5. The van der Waals surface area contributed by atoms with Gasteiger partial charge in [0.25, 0.3) is 5.91 Å². The fraction of sp³-hybridized carbons (Fsp3) is 0.562. The lowest BCUT2D eigenvalue weighted by Gasteiger charge is -2.38. The van der Waals surface area contributed by atoms with Crippen molar-refractivity contribution < 1.29 is 27.4 Å². The molecule has 2 heterocycles. The standard InChI is InChI=1S/C16H18F3NO3/c1-22-14-8-11-4-5-12(9-14)20(11)15(21)10-2-6-13(7-3-10)23-16(17,18)19/h2-3,6-7,11-12,14H,4-5,8-9H2,1H3. The number of carbonyl (C=O) groups excluding carboxylic acids is 1. The molecule has 4 nitrogen and oxygen atoms in total. The predicted octanol–water partition coefficient (Wildman–Crippen LogP) is 3.37. The number of halogens is 3. The van der Waals surface area contributed by atoms with Crippen LogP contribution in [0.4, 0.5) is 13.2 Å². The fourth-order valence-electron chi connectivity index (χ4n) is 3.60. The van der Waals surface area contributed by atoms with Gasteiger partial charge in [-0.3, -0.25) is 4.79 Å². The van der Waals surface area contributed by atoms with Crippen molar-refractivity contribution in [2.24, 2.45) is 0 Å². The first kappa shape index (κ1) is 16.1. The lowest BCUT2D eigenvalue weighted by atomic mass is 9.98. The van der Waals surface area contributed by atoms with Gasteiger partial charge in [0.15, 0.2) is 0 Å². The van der Waals surface area contributed by atoms with Crippen LogP contribution in [-0.4, -0.2) is 42.5 Å². The van der Waals surface area contributed by atoms with E-state index in [4.69, 9.17) is 4.74 Å². The van der Waals surface area contributed by atoms with Gasteiger partial charge in [-0.05, 0) is 49.9 Å². The van der Waals surface area contributed by atoms with Crippen molar-refractivity contribution in [1.29, 1.82) is 0 Å². The third kappa shape index (κ3) is 3.44. The SMILES string of the molecule is COC1CC2CCC(C1)N2C(=O)c1ccc(OC(F)(F)F)cc1. The van der Waals surface area contributed by atoms with Crippen LogP contribution < -0.4 is 4.74 Å². The van der Waals surface area contributed by atoms with Gasteiger partial charge in [-0.1, -0.05) is 0 Å². The zero-order chi connectivity index (χ0) is 16.6. The lowest BCUT2D eigenvalue weighted by Crippen LogP contribution is -2.48. The monoisotopic (exact) mass is 329 g/mol. The van der Waals surface area contributed by atoms with Gasteiger partial charge in [0.2, 0.25) is 0 Å². The van der Waals surface area contributed by atoms with E-state index in [0.29, 0.717) is 5.56 Å². The van der Waals surface area contributed by atoms with Gasteiger partial charge in [-0.15, -0.1) is 13.2 Å². The van der Waals surface area contributed by atoms with E-state index in [1.54, 1.807) is 7.11 Å². The average molecular weight is 329 g/mol. The van der Waals surface area contributed by atoms with Crippen molar-refractivity contribution in [3.05, 3.63) is 29.8 Å². The molecule has 1 aromatic carbocycles. The maximum Gasteiger partial charge on any atom is 0.573 e. The van der Waals surface area contributed by atoms with Gasteiger partial charge < -0.3 is 14.4 Å². The van der Waals surface area contributed by atoms with E-state index >= 15 is 0 Å². The van der Waals surface area contributed by atoms with Gasteiger partial charge in [-0.25, -0.2) is 0 Å². The maximum atomic E-state index is 12.7. The topological polar surface area (TPSA) is 38.8 Å². The highest BCUT2D eigenvalue weighted by molar-refractivity contribution is 5.95. The second-order valence-electron chi connectivity index (χ2n) is 6.00. The first-order chi connectivity index (χ1) is 10.9. The number of alkyl halides is 3. The molecule has 0 radical (unpaired) electrons. The molecule has 7 heteroatoms. The molecule has 0 aromatic heterocycles. The van der Waals surface area contributed by atoms with E-state index in [1.165, 1.54) is 24.3 Å².